The third-order valence-electron chi connectivity index (χ3n) is 4.38. The first-order valence-corrected chi connectivity index (χ1v) is 8.53. The summed E-state index contributed by atoms with van der Waals surface area (Å²) in [6.07, 6.45) is 0.904. The maximum absolute atomic E-state index is 12.3. The van der Waals surface area contributed by atoms with Gasteiger partial charge < -0.3 is 15.5 Å². The number of nitrogens with zero attached hydrogens (tertiary/aromatic N) is 2. The summed E-state index contributed by atoms with van der Waals surface area (Å²) < 4.78 is 0. The lowest BCUT2D eigenvalue weighted by Crippen LogP contribution is -2.61. The van der Waals surface area contributed by atoms with Gasteiger partial charge in [-0.1, -0.05) is 30.3 Å². The molecule has 136 valence electrons. The van der Waals surface area contributed by atoms with Gasteiger partial charge in [0.25, 0.3) is 0 Å². The van der Waals surface area contributed by atoms with Gasteiger partial charge in [-0.2, -0.15) is 0 Å². The molecule has 3 amide bonds. The summed E-state index contributed by atoms with van der Waals surface area (Å²) >= 11 is 0. The quantitative estimate of drug-likeness (QED) is 0.736. The molecule has 0 spiro atoms. The van der Waals surface area contributed by atoms with E-state index in [1.807, 2.05) is 18.2 Å². The minimum absolute atomic E-state index is 0.0765. The Labute approximate surface area is 148 Å². The van der Waals surface area contributed by atoms with Crippen molar-refractivity contribution in [3.8, 4) is 0 Å². The molecule has 7 nitrogen and oxygen atoms in total. The van der Waals surface area contributed by atoms with Crippen LogP contribution < -0.4 is 10.6 Å². The zero-order valence-electron chi connectivity index (χ0n) is 14.8. The average molecular weight is 346 g/mol. The van der Waals surface area contributed by atoms with Crippen LogP contribution in [0.25, 0.3) is 0 Å². The van der Waals surface area contributed by atoms with Gasteiger partial charge in [-0.15, -0.1) is 0 Å². The number of hydrogen-bond acceptors (Lipinski definition) is 4. The molecule has 1 heterocycles. The van der Waals surface area contributed by atoms with E-state index in [0.29, 0.717) is 19.6 Å². The van der Waals surface area contributed by atoms with Crippen LogP contribution in [-0.4, -0.2) is 73.3 Å². The molecule has 7 heteroatoms. The van der Waals surface area contributed by atoms with Gasteiger partial charge in [0.15, 0.2) is 0 Å². The molecule has 0 saturated carbocycles. The molecule has 25 heavy (non-hydrogen) atoms. The average Bonchev–Trinajstić information content (AvgIpc) is 2.64. The first kappa shape index (κ1) is 18.9. The summed E-state index contributed by atoms with van der Waals surface area (Å²) in [5.41, 5.74) is 1.25. The second kappa shape index (κ2) is 9.17. The molecular formula is C18H26N4O3. The van der Waals surface area contributed by atoms with Crippen molar-refractivity contribution in [1.82, 2.24) is 20.4 Å². The van der Waals surface area contributed by atoms with Crippen LogP contribution in [0, 0.1) is 0 Å². The number of amides is 3. The summed E-state index contributed by atoms with van der Waals surface area (Å²) in [5, 5.41) is 5.13. The summed E-state index contributed by atoms with van der Waals surface area (Å²) in [5.74, 6) is -0.668. The Balaban J connectivity index is 1.95. The molecule has 1 saturated heterocycles. The molecule has 0 unspecified atom stereocenters. The van der Waals surface area contributed by atoms with E-state index in [2.05, 4.69) is 27.7 Å². The van der Waals surface area contributed by atoms with Crippen molar-refractivity contribution in [2.75, 3.05) is 39.8 Å². The van der Waals surface area contributed by atoms with Crippen molar-refractivity contribution in [3.63, 3.8) is 0 Å². The fourth-order valence-electron chi connectivity index (χ4n) is 2.97. The van der Waals surface area contributed by atoms with E-state index >= 15 is 0 Å². The first-order chi connectivity index (χ1) is 12.0. The van der Waals surface area contributed by atoms with Crippen LogP contribution >= 0.6 is 0 Å². The molecule has 0 bridgehead atoms. The predicted molar refractivity (Wildman–Crippen MR) is 94.8 cm³/mol. The van der Waals surface area contributed by atoms with Crippen molar-refractivity contribution in [2.45, 2.75) is 19.4 Å². The third kappa shape index (κ3) is 5.56. The zero-order valence-corrected chi connectivity index (χ0v) is 14.8. The Kier molecular flexibility index (Phi) is 6.94. The van der Waals surface area contributed by atoms with E-state index in [0.717, 1.165) is 13.0 Å². The SMILES string of the molecule is CNC(=O)[C@@H]1CN(CCc2ccccc2)CCN1C(=O)CNC(C)=O. The summed E-state index contributed by atoms with van der Waals surface area (Å²) in [4.78, 5) is 39.3. The van der Waals surface area contributed by atoms with Crippen LogP contribution in [0.3, 0.4) is 0 Å². The van der Waals surface area contributed by atoms with Crippen molar-refractivity contribution >= 4 is 17.7 Å². The number of carbonyl (C=O) groups is 3. The van der Waals surface area contributed by atoms with E-state index in [9.17, 15) is 14.4 Å². The lowest BCUT2D eigenvalue weighted by Gasteiger charge is -2.40. The molecule has 1 fully saturated rings. The molecule has 1 aliphatic heterocycles. The minimum Gasteiger partial charge on any atom is -0.357 e. The normalized spacial score (nSPS) is 17.8. The van der Waals surface area contributed by atoms with Gasteiger partial charge in [-0.05, 0) is 12.0 Å². The van der Waals surface area contributed by atoms with E-state index in [-0.39, 0.29) is 24.3 Å². The third-order valence-corrected chi connectivity index (χ3v) is 4.38. The Hall–Kier alpha value is -2.41. The second-order valence-corrected chi connectivity index (χ2v) is 6.16. The van der Waals surface area contributed by atoms with Crippen LogP contribution in [0.15, 0.2) is 30.3 Å². The smallest absolute Gasteiger partial charge is 0.243 e. The fourth-order valence-corrected chi connectivity index (χ4v) is 2.97. The summed E-state index contributed by atoms with van der Waals surface area (Å²) in [6, 6.07) is 9.66. The molecule has 1 atom stereocenters. The number of carbonyl (C=O) groups excluding carboxylic acids is 3. The standard InChI is InChI=1S/C18H26N4O3/c1-14(23)20-12-17(24)22-11-10-21(13-16(22)18(25)19-2)9-8-15-6-4-3-5-7-15/h3-7,16H,8-13H2,1-2H3,(H,19,25)(H,20,23)/t16-/m0/s1. The predicted octanol–water partition coefficient (Wildman–Crippen LogP) is -0.376. The van der Waals surface area contributed by atoms with E-state index in [1.54, 1.807) is 11.9 Å². The largest absolute Gasteiger partial charge is 0.357 e. The summed E-state index contributed by atoms with van der Waals surface area (Å²) in [6.45, 7) is 3.82. The molecule has 1 aromatic rings. The highest BCUT2D eigenvalue weighted by Gasteiger charge is 2.34. The minimum atomic E-state index is -0.532. The maximum Gasteiger partial charge on any atom is 0.243 e. The Morgan fingerprint density at radius 3 is 2.52 bits per heavy atom. The number of hydrogen-bond donors (Lipinski definition) is 2. The van der Waals surface area contributed by atoms with E-state index in [1.165, 1.54) is 12.5 Å². The second-order valence-electron chi connectivity index (χ2n) is 6.16. The van der Waals surface area contributed by atoms with Gasteiger partial charge in [0.05, 0.1) is 6.54 Å². The molecule has 2 rings (SSSR count). The van der Waals surface area contributed by atoms with Gasteiger partial charge in [0.1, 0.15) is 6.04 Å². The topological polar surface area (TPSA) is 81.8 Å². The van der Waals surface area contributed by atoms with E-state index in [4.69, 9.17) is 0 Å². The number of piperazine rings is 1. The van der Waals surface area contributed by atoms with Crippen LogP contribution in [0.1, 0.15) is 12.5 Å². The monoisotopic (exact) mass is 346 g/mol. The Bertz CT molecular complexity index is 606. The van der Waals surface area contributed by atoms with Crippen molar-refractivity contribution in [3.05, 3.63) is 35.9 Å². The van der Waals surface area contributed by atoms with Crippen LogP contribution in [0.5, 0.6) is 0 Å². The first-order valence-electron chi connectivity index (χ1n) is 8.53. The zero-order chi connectivity index (χ0) is 18.2. The highest BCUT2D eigenvalue weighted by Crippen LogP contribution is 2.12. The van der Waals surface area contributed by atoms with Crippen LogP contribution in [0.2, 0.25) is 0 Å². The van der Waals surface area contributed by atoms with Gasteiger partial charge >= 0.3 is 0 Å². The molecular weight excluding hydrogens is 320 g/mol. The van der Waals surface area contributed by atoms with Crippen LogP contribution in [0.4, 0.5) is 0 Å². The maximum atomic E-state index is 12.3. The van der Waals surface area contributed by atoms with Crippen molar-refractivity contribution in [1.29, 1.82) is 0 Å². The lowest BCUT2D eigenvalue weighted by atomic mass is 10.1. The molecule has 2 N–H and O–H groups in total. The molecule has 1 aliphatic rings. The van der Waals surface area contributed by atoms with Gasteiger partial charge in [-0.3, -0.25) is 19.3 Å². The fraction of sp³-hybridized carbons (Fsp3) is 0.500. The Morgan fingerprint density at radius 2 is 1.88 bits per heavy atom. The summed E-state index contributed by atoms with van der Waals surface area (Å²) in [7, 11) is 1.57. The highest BCUT2D eigenvalue weighted by atomic mass is 16.2. The Morgan fingerprint density at radius 1 is 1.16 bits per heavy atom. The number of nitrogens with one attached hydrogen (secondary N) is 2. The molecule has 0 radical (unpaired) electrons. The molecule has 0 aliphatic carbocycles. The number of rotatable bonds is 6. The highest BCUT2D eigenvalue weighted by molar-refractivity contribution is 5.90. The van der Waals surface area contributed by atoms with Gasteiger partial charge in [-0.25, -0.2) is 0 Å². The van der Waals surface area contributed by atoms with Crippen molar-refractivity contribution < 1.29 is 14.4 Å². The van der Waals surface area contributed by atoms with Crippen LogP contribution in [-0.2, 0) is 20.8 Å². The molecule has 0 aromatic heterocycles. The molecule has 1 aromatic carbocycles. The number of likely N-dealkylation sites (N-methyl/N-ethyl adjacent to an activating group) is 1. The van der Waals surface area contributed by atoms with Gasteiger partial charge in [0.2, 0.25) is 17.7 Å². The van der Waals surface area contributed by atoms with Crippen molar-refractivity contribution in [2.24, 2.45) is 0 Å². The lowest BCUT2D eigenvalue weighted by molar-refractivity contribution is -0.143. The number of benzene rings is 1. The van der Waals surface area contributed by atoms with E-state index < -0.39 is 6.04 Å². The van der Waals surface area contributed by atoms with Gasteiger partial charge in [0, 0.05) is 40.2 Å².